The van der Waals surface area contributed by atoms with E-state index in [0.29, 0.717) is 24.2 Å². The van der Waals surface area contributed by atoms with Gasteiger partial charge in [0.25, 0.3) is 5.91 Å². The Labute approximate surface area is 157 Å². The molecule has 4 nitrogen and oxygen atoms in total. The number of fused-ring (bicyclic) bond motifs is 2. The molecule has 2 aromatic heterocycles. The second kappa shape index (κ2) is 6.61. The first-order chi connectivity index (χ1) is 12.9. The van der Waals surface area contributed by atoms with Crippen molar-refractivity contribution in [2.45, 2.75) is 20.3 Å². The van der Waals surface area contributed by atoms with Crippen molar-refractivity contribution in [1.29, 1.82) is 0 Å². The van der Waals surface area contributed by atoms with Gasteiger partial charge in [-0.05, 0) is 55.0 Å². The maximum Gasteiger partial charge on any atom is 0.267 e. The molecule has 6 heteroatoms. The van der Waals surface area contributed by atoms with Gasteiger partial charge in [-0.1, -0.05) is 23.7 Å². The van der Waals surface area contributed by atoms with E-state index in [1.165, 1.54) is 6.07 Å². The van der Waals surface area contributed by atoms with Crippen molar-refractivity contribution in [3.8, 4) is 0 Å². The lowest BCUT2D eigenvalue weighted by molar-refractivity contribution is 0.0950. The second-order valence-electron chi connectivity index (χ2n) is 7.12. The van der Waals surface area contributed by atoms with E-state index in [9.17, 15) is 9.18 Å². The summed E-state index contributed by atoms with van der Waals surface area (Å²) < 4.78 is 14.1. The highest BCUT2D eigenvalue weighted by atomic mass is 19.1. The summed E-state index contributed by atoms with van der Waals surface area (Å²) in [4.78, 5) is 18.8. The lowest BCUT2D eigenvalue weighted by atomic mass is 9.95. The molecule has 3 N–H and O–H groups in total. The molecule has 0 aliphatic heterocycles. The summed E-state index contributed by atoms with van der Waals surface area (Å²) in [6.07, 6.45) is 0.640. The van der Waals surface area contributed by atoms with Gasteiger partial charge in [-0.15, -0.1) is 0 Å². The van der Waals surface area contributed by atoms with Gasteiger partial charge in [0.15, 0.2) is 0 Å². The molecule has 0 saturated carbocycles. The first kappa shape index (κ1) is 17.4. The van der Waals surface area contributed by atoms with Gasteiger partial charge < -0.3 is 15.3 Å². The molecule has 0 atom stereocenters. The molecule has 0 bridgehead atoms. The molecule has 0 saturated heterocycles. The quantitative estimate of drug-likeness (QED) is 0.481. The fourth-order valence-corrected chi connectivity index (χ4v) is 3.73. The van der Waals surface area contributed by atoms with Gasteiger partial charge in [0.1, 0.15) is 19.4 Å². The van der Waals surface area contributed by atoms with Crippen LogP contribution >= 0.6 is 0 Å². The normalized spacial score (nSPS) is 11.4. The van der Waals surface area contributed by atoms with E-state index in [1.54, 1.807) is 6.07 Å². The highest BCUT2D eigenvalue weighted by Gasteiger charge is 2.15. The number of H-pyrrole nitrogens is 2. The van der Waals surface area contributed by atoms with Gasteiger partial charge in [0.2, 0.25) is 0 Å². The molecule has 0 radical (unpaired) electrons. The van der Waals surface area contributed by atoms with E-state index < -0.39 is 0 Å². The number of halogens is 1. The summed E-state index contributed by atoms with van der Waals surface area (Å²) in [6.45, 7) is 4.40. The topological polar surface area (TPSA) is 60.7 Å². The van der Waals surface area contributed by atoms with Crippen molar-refractivity contribution in [1.82, 2.24) is 15.3 Å². The largest absolute Gasteiger partial charge is 0.356 e. The third-order valence-electron chi connectivity index (χ3n) is 5.11. The third kappa shape index (κ3) is 3.12. The minimum absolute atomic E-state index is 0.135. The minimum Gasteiger partial charge on any atom is -0.356 e. The van der Waals surface area contributed by atoms with E-state index >= 15 is 0 Å². The second-order valence-corrected chi connectivity index (χ2v) is 7.12. The Kier molecular flexibility index (Phi) is 4.26. The van der Waals surface area contributed by atoms with Gasteiger partial charge in [-0.25, -0.2) is 4.39 Å². The zero-order valence-electron chi connectivity index (χ0n) is 15.7. The van der Waals surface area contributed by atoms with E-state index in [-0.39, 0.29) is 11.7 Å². The van der Waals surface area contributed by atoms with Crippen LogP contribution in [0.3, 0.4) is 0 Å². The van der Waals surface area contributed by atoms with Crippen LogP contribution in [-0.4, -0.2) is 30.3 Å². The summed E-state index contributed by atoms with van der Waals surface area (Å²) >= 11 is 0. The summed E-state index contributed by atoms with van der Waals surface area (Å²) in [5.74, 6) is -0.383. The van der Waals surface area contributed by atoms with E-state index in [2.05, 4.69) is 21.4 Å². The van der Waals surface area contributed by atoms with Crippen molar-refractivity contribution >= 4 is 41.0 Å². The van der Waals surface area contributed by atoms with Gasteiger partial charge in [-0.3, -0.25) is 4.79 Å². The van der Waals surface area contributed by atoms with E-state index in [1.807, 2.05) is 39.9 Å². The number of amides is 1. The van der Waals surface area contributed by atoms with Crippen LogP contribution in [0.5, 0.6) is 0 Å². The van der Waals surface area contributed by atoms with Crippen molar-refractivity contribution in [3.63, 3.8) is 0 Å². The summed E-state index contributed by atoms with van der Waals surface area (Å²) in [7, 11) is 2.03. The number of aryl methyl sites for hydroxylation is 2. The molecule has 1 amide bonds. The zero-order chi connectivity index (χ0) is 19.1. The standard InChI is InChI=1S/C21H21BFN3O/c1-11-3-5-16(23)20-19(11)15(12(2)25-20)7-8-24-21(27)18-10-13-9-14(22)4-6-17(13)26-18/h3-6,9-10,25-26H,7-8,22H2,1-2H3,(H,24,27). The SMILES string of the molecule is Bc1ccc2[nH]c(C(=O)NCCc3c(C)[nH]c4c(F)ccc(C)c34)cc2c1. The number of carbonyl (C=O) groups is 1. The summed E-state index contributed by atoms with van der Waals surface area (Å²) in [5.41, 5.74) is 6.22. The molecular formula is C21H21BFN3O. The molecule has 0 spiro atoms. The molecule has 136 valence electrons. The Hall–Kier alpha value is -3.02. The van der Waals surface area contributed by atoms with Crippen molar-refractivity contribution in [2.24, 2.45) is 0 Å². The maximum absolute atomic E-state index is 14.1. The Balaban J connectivity index is 1.51. The van der Waals surface area contributed by atoms with Crippen molar-refractivity contribution in [2.75, 3.05) is 6.54 Å². The molecular weight excluding hydrogens is 340 g/mol. The molecule has 2 heterocycles. The molecule has 0 aliphatic rings. The van der Waals surface area contributed by atoms with Crippen LogP contribution in [0.1, 0.15) is 27.3 Å². The molecule has 0 fully saturated rings. The van der Waals surface area contributed by atoms with Crippen LogP contribution in [0.25, 0.3) is 21.8 Å². The predicted molar refractivity (Wildman–Crippen MR) is 110 cm³/mol. The number of nitrogens with one attached hydrogen (secondary N) is 3. The first-order valence-corrected chi connectivity index (χ1v) is 9.08. The third-order valence-corrected chi connectivity index (χ3v) is 5.11. The fourth-order valence-electron chi connectivity index (χ4n) is 3.73. The zero-order valence-corrected chi connectivity index (χ0v) is 15.7. The monoisotopic (exact) mass is 361 g/mol. The van der Waals surface area contributed by atoms with Crippen LogP contribution in [0.2, 0.25) is 0 Å². The number of hydrogen-bond donors (Lipinski definition) is 3. The van der Waals surface area contributed by atoms with Crippen LogP contribution in [0, 0.1) is 19.7 Å². The van der Waals surface area contributed by atoms with Gasteiger partial charge >= 0.3 is 0 Å². The Morgan fingerprint density at radius 1 is 1.15 bits per heavy atom. The van der Waals surface area contributed by atoms with Crippen LogP contribution < -0.4 is 10.8 Å². The molecule has 4 rings (SSSR count). The number of aromatic nitrogens is 2. The molecule has 4 aromatic rings. The number of carbonyl (C=O) groups excluding carboxylic acids is 1. The average Bonchev–Trinajstić information content (AvgIpc) is 3.20. The Morgan fingerprint density at radius 2 is 1.96 bits per heavy atom. The Bertz CT molecular complexity index is 1180. The van der Waals surface area contributed by atoms with Crippen LogP contribution in [0.15, 0.2) is 36.4 Å². The minimum atomic E-state index is -0.248. The van der Waals surface area contributed by atoms with Gasteiger partial charge in [0.05, 0.1) is 5.52 Å². The predicted octanol–water partition coefficient (Wildman–Crippen LogP) is 2.64. The number of hydrogen-bond acceptors (Lipinski definition) is 1. The van der Waals surface area contributed by atoms with Crippen LogP contribution in [0.4, 0.5) is 4.39 Å². The number of rotatable bonds is 4. The molecule has 0 aliphatic carbocycles. The molecule has 0 unspecified atom stereocenters. The summed E-state index contributed by atoms with van der Waals surface area (Å²) in [6, 6.07) is 11.2. The highest BCUT2D eigenvalue weighted by Crippen LogP contribution is 2.27. The smallest absolute Gasteiger partial charge is 0.267 e. The number of aromatic amines is 2. The first-order valence-electron chi connectivity index (χ1n) is 9.08. The van der Waals surface area contributed by atoms with Crippen molar-refractivity contribution in [3.05, 3.63) is 64.7 Å². The van der Waals surface area contributed by atoms with Crippen molar-refractivity contribution < 1.29 is 9.18 Å². The Morgan fingerprint density at radius 3 is 2.78 bits per heavy atom. The summed E-state index contributed by atoms with van der Waals surface area (Å²) in [5, 5.41) is 4.91. The molecule has 27 heavy (non-hydrogen) atoms. The maximum atomic E-state index is 14.1. The fraction of sp³-hybridized carbons (Fsp3) is 0.190. The van der Waals surface area contributed by atoms with E-state index in [4.69, 9.17) is 0 Å². The van der Waals surface area contributed by atoms with Gasteiger partial charge in [-0.2, -0.15) is 0 Å². The number of benzene rings is 2. The lowest BCUT2D eigenvalue weighted by Crippen LogP contribution is -2.26. The average molecular weight is 361 g/mol. The van der Waals surface area contributed by atoms with E-state index in [0.717, 1.165) is 38.6 Å². The van der Waals surface area contributed by atoms with Crippen LogP contribution in [-0.2, 0) is 6.42 Å². The van der Waals surface area contributed by atoms with Gasteiger partial charge in [0, 0.05) is 23.1 Å². The molecule has 2 aromatic carbocycles. The highest BCUT2D eigenvalue weighted by molar-refractivity contribution is 6.33. The lowest BCUT2D eigenvalue weighted by Gasteiger charge is -2.06.